The molecule has 1 amide bonds. The first-order chi connectivity index (χ1) is 8.58. The lowest BCUT2D eigenvalue weighted by Gasteiger charge is -2.38. The van der Waals surface area contributed by atoms with E-state index in [9.17, 15) is 4.79 Å². The standard InChI is InChI=1S/C14H21N3O/c1-10-4-5-13(9-16-10)8-14(18)17-7-6-15-11(2)12(17)3/h4-5,9,11-12,15H,6-8H2,1-3H3. The lowest BCUT2D eigenvalue weighted by atomic mass is 10.1. The fourth-order valence-corrected chi connectivity index (χ4v) is 2.29. The number of carbonyl (C=O) groups excluding carboxylic acids is 1. The van der Waals surface area contributed by atoms with Crippen LogP contribution >= 0.6 is 0 Å². The van der Waals surface area contributed by atoms with Crippen molar-refractivity contribution >= 4 is 5.91 Å². The number of nitrogens with one attached hydrogen (secondary N) is 1. The molecule has 1 N–H and O–H groups in total. The largest absolute Gasteiger partial charge is 0.337 e. The molecule has 0 bridgehead atoms. The quantitative estimate of drug-likeness (QED) is 0.852. The Morgan fingerprint density at radius 3 is 2.94 bits per heavy atom. The van der Waals surface area contributed by atoms with E-state index in [1.54, 1.807) is 6.20 Å². The molecule has 4 nitrogen and oxygen atoms in total. The molecule has 4 heteroatoms. The average molecular weight is 247 g/mol. The van der Waals surface area contributed by atoms with Crippen molar-refractivity contribution in [2.45, 2.75) is 39.3 Å². The van der Waals surface area contributed by atoms with Crippen molar-refractivity contribution in [3.05, 3.63) is 29.6 Å². The molecule has 1 aliphatic rings. The summed E-state index contributed by atoms with van der Waals surface area (Å²) in [5.74, 6) is 0.196. The number of aromatic nitrogens is 1. The number of hydrogen-bond donors (Lipinski definition) is 1. The summed E-state index contributed by atoms with van der Waals surface area (Å²) in [4.78, 5) is 18.5. The molecule has 2 rings (SSSR count). The summed E-state index contributed by atoms with van der Waals surface area (Å²) in [6.07, 6.45) is 2.24. The SMILES string of the molecule is Cc1ccc(CC(=O)N2CCNC(C)C2C)cn1. The second kappa shape index (κ2) is 5.48. The van der Waals surface area contributed by atoms with Crippen LogP contribution in [0.4, 0.5) is 0 Å². The van der Waals surface area contributed by atoms with Gasteiger partial charge in [-0.05, 0) is 32.4 Å². The van der Waals surface area contributed by atoms with Crippen LogP contribution in [0.3, 0.4) is 0 Å². The minimum atomic E-state index is 0.196. The van der Waals surface area contributed by atoms with Gasteiger partial charge in [0.05, 0.1) is 6.42 Å². The highest BCUT2D eigenvalue weighted by atomic mass is 16.2. The number of piperazine rings is 1. The number of pyridine rings is 1. The van der Waals surface area contributed by atoms with Gasteiger partial charge in [0, 0.05) is 37.1 Å². The minimum Gasteiger partial charge on any atom is -0.337 e. The molecule has 0 spiro atoms. The van der Waals surface area contributed by atoms with E-state index in [2.05, 4.69) is 24.1 Å². The Kier molecular flexibility index (Phi) is 3.97. The normalized spacial score (nSPS) is 24.1. The summed E-state index contributed by atoms with van der Waals surface area (Å²) in [6.45, 7) is 7.85. The fraction of sp³-hybridized carbons (Fsp3) is 0.571. The lowest BCUT2D eigenvalue weighted by Crippen LogP contribution is -2.57. The number of hydrogen-bond acceptors (Lipinski definition) is 3. The molecule has 1 aliphatic heterocycles. The first kappa shape index (κ1) is 13.0. The van der Waals surface area contributed by atoms with E-state index in [1.807, 2.05) is 24.0 Å². The van der Waals surface area contributed by atoms with Crippen LogP contribution in [0.25, 0.3) is 0 Å². The maximum atomic E-state index is 12.3. The summed E-state index contributed by atoms with van der Waals surface area (Å²) >= 11 is 0. The summed E-state index contributed by atoms with van der Waals surface area (Å²) < 4.78 is 0. The van der Waals surface area contributed by atoms with Crippen LogP contribution < -0.4 is 5.32 Å². The third-order valence-corrected chi connectivity index (χ3v) is 3.68. The monoisotopic (exact) mass is 247 g/mol. The van der Waals surface area contributed by atoms with Crippen molar-refractivity contribution in [3.8, 4) is 0 Å². The van der Waals surface area contributed by atoms with E-state index in [4.69, 9.17) is 0 Å². The molecular weight excluding hydrogens is 226 g/mol. The van der Waals surface area contributed by atoms with Gasteiger partial charge in [-0.1, -0.05) is 6.07 Å². The van der Waals surface area contributed by atoms with E-state index in [1.165, 1.54) is 0 Å². The molecule has 0 aromatic carbocycles. The number of carbonyl (C=O) groups is 1. The Balaban J connectivity index is 2.01. The number of rotatable bonds is 2. The molecule has 2 heterocycles. The van der Waals surface area contributed by atoms with Gasteiger partial charge in [0.1, 0.15) is 0 Å². The fourth-order valence-electron chi connectivity index (χ4n) is 2.29. The van der Waals surface area contributed by atoms with Crippen LogP contribution in [0.2, 0.25) is 0 Å². The van der Waals surface area contributed by atoms with Crippen molar-refractivity contribution in [2.24, 2.45) is 0 Å². The Bertz CT molecular complexity index is 416. The van der Waals surface area contributed by atoms with Crippen molar-refractivity contribution in [3.63, 3.8) is 0 Å². The maximum Gasteiger partial charge on any atom is 0.227 e. The highest BCUT2D eigenvalue weighted by Gasteiger charge is 2.27. The molecule has 2 unspecified atom stereocenters. The highest BCUT2D eigenvalue weighted by molar-refractivity contribution is 5.79. The molecule has 1 aromatic rings. The molecule has 1 fully saturated rings. The van der Waals surface area contributed by atoms with Gasteiger partial charge >= 0.3 is 0 Å². The van der Waals surface area contributed by atoms with Gasteiger partial charge in [-0.2, -0.15) is 0 Å². The molecule has 0 aliphatic carbocycles. The second-order valence-corrected chi connectivity index (χ2v) is 5.06. The minimum absolute atomic E-state index is 0.196. The Morgan fingerprint density at radius 1 is 1.50 bits per heavy atom. The molecular formula is C14H21N3O. The van der Waals surface area contributed by atoms with Crippen molar-refractivity contribution < 1.29 is 4.79 Å². The van der Waals surface area contributed by atoms with Crippen LogP contribution in [0.5, 0.6) is 0 Å². The third-order valence-electron chi connectivity index (χ3n) is 3.68. The van der Waals surface area contributed by atoms with E-state index in [0.29, 0.717) is 12.5 Å². The molecule has 1 saturated heterocycles. The zero-order valence-electron chi connectivity index (χ0n) is 11.3. The van der Waals surface area contributed by atoms with Crippen LogP contribution in [0.15, 0.2) is 18.3 Å². The van der Waals surface area contributed by atoms with Gasteiger partial charge in [-0.3, -0.25) is 9.78 Å². The van der Waals surface area contributed by atoms with Crippen molar-refractivity contribution in [1.29, 1.82) is 0 Å². The molecule has 98 valence electrons. The molecule has 0 saturated carbocycles. The zero-order valence-corrected chi connectivity index (χ0v) is 11.3. The third kappa shape index (κ3) is 2.88. The Morgan fingerprint density at radius 2 is 2.28 bits per heavy atom. The average Bonchev–Trinajstić information content (AvgIpc) is 2.35. The van der Waals surface area contributed by atoms with Crippen LogP contribution in [0.1, 0.15) is 25.1 Å². The summed E-state index contributed by atoms with van der Waals surface area (Å²) in [5, 5.41) is 3.38. The van der Waals surface area contributed by atoms with Crippen LogP contribution in [0, 0.1) is 6.92 Å². The predicted octanol–water partition coefficient (Wildman–Crippen LogP) is 1.14. The topological polar surface area (TPSA) is 45.2 Å². The second-order valence-electron chi connectivity index (χ2n) is 5.06. The van der Waals surface area contributed by atoms with Gasteiger partial charge in [-0.15, -0.1) is 0 Å². The van der Waals surface area contributed by atoms with Gasteiger partial charge in [0.25, 0.3) is 0 Å². The van der Waals surface area contributed by atoms with Gasteiger partial charge < -0.3 is 10.2 Å². The summed E-state index contributed by atoms with van der Waals surface area (Å²) in [5.41, 5.74) is 1.97. The number of amides is 1. The van der Waals surface area contributed by atoms with E-state index < -0.39 is 0 Å². The summed E-state index contributed by atoms with van der Waals surface area (Å²) in [7, 11) is 0. The molecule has 18 heavy (non-hydrogen) atoms. The van der Waals surface area contributed by atoms with Gasteiger partial charge in [0.15, 0.2) is 0 Å². The van der Waals surface area contributed by atoms with Gasteiger partial charge in [-0.25, -0.2) is 0 Å². The first-order valence-corrected chi connectivity index (χ1v) is 6.52. The van der Waals surface area contributed by atoms with Crippen molar-refractivity contribution in [2.75, 3.05) is 13.1 Å². The van der Waals surface area contributed by atoms with E-state index in [-0.39, 0.29) is 11.9 Å². The molecule has 2 atom stereocenters. The first-order valence-electron chi connectivity index (χ1n) is 6.52. The van der Waals surface area contributed by atoms with Crippen LogP contribution in [-0.2, 0) is 11.2 Å². The Hall–Kier alpha value is -1.42. The summed E-state index contributed by atoms with van der Waals surface area (Å²) in [6, 6.07) is 4.55. The number of nitrogens with zero attached hydrogens (tertiary/aromatic N) is 2. The smallest absolute Gasteiger partial charge is 0.227 e. The molecule has 0 radical (unpaired) electrons. The van der Waals surface area contributed by atoms with E-state index in [0.717, 1.165) is 24.3 Å². The van der Waals surface area contributed by atoms with Crippen molar-refractivity contribution in [1.82, 2.24) is 15.2 Å². The number of aryl methyl sites for hydroxylation is 1. The lowest BCUT2D eigenvalue weighted by molar-refractivity contribution is -0.134. The van der Waals surface area contributed by atoms with E-state index >= 15 is 0 Å². The van der Waals surface area contributed by atoms with Gasteiger partial charge in [0.2, 0.25) is 5.91 Å². The highest BCUT2D eigenvalue weighted by Crippen LogP contribution is 2.11. The zero-order chi connectivity index (χ0) is 13.1. The molecule has 1 aromatic heterocycles. The Labute approximate surface area is 108 Å². The van der Waals surface area contributed by atoms with Crippen LogP contribution in [-0.4, -0.2) is 41.0 Å². The predicted molar refractivity (Wildman–Crippen MR) is 71.3 cm³/mol. The maximum absolute atomic E-state index is 12.3.